The smallest absolute Gasteiger partial charge is 0.311 e. The van der Waals surface area contributed by atoms with Crippen LogP contribution in [0.25, 0.3) is 0 Å². The third kappa shape index (κ3) is 18.6. The minimum atomic E-state index is -2.29. The Kier molecular flexibility index (Phi) is 23.6. The lowest BCUT2D eigenvalue weighted by molar-refractivity contribution is -0.308. The van der Waals surface area contributed by atoms with Gasteiger partial charge < -0.3 is 80.9 Å². The van der Waals surface area contributed by atoms with E-state index in [-0.39, 0.29) is 31.6 Å². The quantitative estimate of drug-likeness (QED) is 0.174. The average molecular weight is 924 g/mol. The third-order valence-corrected chi connectivity index (χ3v) is 12.0. The predicted octanol–water partition coefficient (Wildman–Crippen LogP) is 0.712. The van der Waals surface area contributed by atoms with Gasteiger partial charge in [-0.15, -0.1) is 0 Å². The highest BCUT2D eigenvalue weighted by atomic mass is 16.7. The second-order valence-corrected chi connectivity index (χ2v) is 17.6. The molecule has 65 heavy (non-hydrogen) atoms. The molecule has 0 unspecified atom stereocenters. The number of aliphatic carboxylic acids is 1. The first kappa shape index (κ1) is 55.9. The number of carbonyl (C=O) groups is 2. The maximum Gasteiger partial charge on any atom is 0.311 e. The van der Waals surface area contributed by atoms with Crippen LogP contribution in [0, 0.1) is 17.8 Å². The molecule has 0 spiro atoms. The molecule has 0 amide bonds. The molecule has 3 aliphatic heterocycles. The summed E-state index contributed by atoms with van der Waals surface area (Å²) in [5.74, 6) is -6.82. The monoisotopic (exact) mass is 923 g/mol. The van der Waals surface area contributed by atoms with Crippen molar-refractivity contribution in [1.82, 2.24) is 0 Å². The van der Waals surface area contributed by atoms with Crippen LogP contribution in [0.15, 0.2) is 85.1 Å². The van der Waals surface area contributed by atoms with E-state index in [0.29, 0.717) is 0 Å². The second-order valence-electron chi connectivity index (χ2n) is 17.6. The molecule has 2 saturated heterocycles. The molecular formula is C47H73NO17. The highest BCUT2D eigenvalue weighted by molar-refractivity contribution is 5.71. The first-order valence-corrected chi connectivity index (χ1v) is 22.3. The highest BCUT2D eigenvalue weighted by Crippen LogP contribution is 2.38. The molecule has 368 valence electrons. The van der Waals surface area contributed by atoms with Crippen LogP contribution in [0.1, 0.15) is 79.1 Å². The molecule has 18 heteroatoms. The number of ether oxygens (including phenoxy) is 4. The molecule has 0 radical (unpaired) electrons. The van der Waals surface area contributed by atoms with Crippen molar-refractivity contribution in [3.05, 3.63) is 85.1 Å². The lowest BCUT2D eigenvalue weighted by atomic mass is 9.82. The molecular weight excluding hydrogens is 851 g/mol. The number of rotatable bonds is 3. The van der Waals surface area contributed by atoms with Crippen molar-refractivity contribution in [1.29, 1.82) is 0 Å². The Balaban J connectivity index is 1.86. The summed E-state index contributed by atoms with van der Waals surface area (Å²) in [5.41, 5.74) is 6.02. The standard InChI is InChI=1S/C47H73NO17/c1-27-17-15-13-11-9-7-5-6-8-10-12-14-16-18-34(64-46-44(58)41(48)43(57)30(4)63-46)24-38-40(45(59)60)37(54)26-47(61,65-38)25-33(51)21-31(49)19-20-35(52)36(53)22-32(50)23-39(55)62-29(3)28(2)42(27)56/h5-18,27-38,40-44,46,49-54,56-58,61H,19-26,48H2,1-4H3,(H,59,60)/b6-5+,9-7+,10-8+,13-11+,14-12+,17-15-,18-16+/t27-,28+,29-,30+,31-,32+,33-,34-,35-,36-,37-,38-,40+,41-,42+,43+,44-,46-,47+/m0/s1. The van der Waals surface area contributed by atoms with Gasteiger partial charge in [0, 0.05) is 37.5 Å². The summed E-state index contributed by atoms with van der Waals surface area (Å²) in [6, 6.07) is -1.14. The summed E-state index contributed by atoms with van der Waals surface area (Å²) in [4.78, 5) is 25.1. The second kappa shape index (κ2) is 27.4. The van der Waals surface area contributed by atoms with E-state index in [1.54, 1.807) is 86.8 Å². The zero-order chi connectivity index (χ0) is 48.4. The molecule has 3 aliphatic rings. The van der Waals surface area contributed by atoms with E-state index in [2.05, 4.69) is 0 Å². The number of carboxylic acid groups (broad SMARTS) is 1. The zero-order valence-corrected chi connectivity index (χ0v) is 37.6. The summed E-state index contributed by atoms with van der Waals surface area (Å²) < 4.78 is 23.1. The van der Waals surface area contributed by atoms with Crippen LogP contribution in [0.4, 0.5) is 0 Å². The lowest BCUT2D eigenvalue weighted by Crippen LogP contribution is -2.61. The van der Waals surface area contributed by atoms with E-state index in [9.17, 15) is 65.8 Å². The minimum Gasteiger partial charge on any atom is -0.481 e. The largest absolute Gasteiger partial charge is 0.481 e. The van der Waals surface area contributed by atoms with Crippen molar-refractivity contribution < 1.29 is 84.7 Å². The number of nitrogens with two attached hydrogens (primary N) is 1. The van der Waals surface area contributed by atoms with Gasteiger partial charge in [0.25, 0.3) is 0 Å². The Bertz CT molecular complexity index is 1670. The van der Waals surface area contributed by atoms with Gasteiger partial charge in [0.05, 0.1) is 79.6 Å². The van der Waals surface area contributed by atoms with E-state index in [0.717, 1.165) is 0 Å². The van der Waals surface area contributed by atoms with Gasteiger partial charge in [-0.1, -0.05) is 98.9 Å². The number of aliphatic hydroxyl groups is 10. The third-order valence-electron chi connectivity index (χ3n) is 12.0. The zero-order valence-electron chi connectivity index (χ0n) is 37.6. The van der Waals surface area contributed by atoms with Gasteiger partial charge in [-0.2, -0.15) is 0 Å². The number of allylic oxidation sites excluding steroid dienone is 12. The van der Waals surface area contributed by atoms with Crippen molar-refractivity contribution in [2.45, 2.75) is 177 Å². The van der Waals surface area contributed by atoms with E-state index in [1.165, 1.54) is 13.0 Å². The van der Waals surface area contributed by atoms with E-state index < -0.39 is 147 Å². The van der Waals surface area contributed by atoms with Crippen LogP contribution >= 0.6 is 0 Å². The number of fused-ring (bicyclic) bond motifs is 2. The van der Waals surface area contributed by atoms with Crippen molar-refractivity contribution in [2.75, 3.05) is 0 Å². The van der Waals surface area contributed by atoms with Crippen LogP contribution < -0.4 is 5.73 Å². The lowest BCUT2D eigenvalue weighted by Gasteiger charge is -2.45. The molecule has 3 rings (SSSR count). The molecule has 0 aromatic rings. The van der Waals surface area contributed by atoms with E-state index in [4.69, 9.17) is 24.7 Å². The fourth-order valence-electron chi connectivity index (χ4n) is 7.97. The summed E-state index contributed by atoms with van der Waals surface area (Å²) >= 11 is 0. The van der Waals surface area contributed by atoms with Gasteiger partial charge in [0.15, 0.2) is 12.1 Å². The number of hydrogen-bond donors (Lipinski definition) is 12. The highest BCUT2D eigenvalue weighted by Gasteiger charge is 2.51. The molecule has 19 atom stereocenters. The SMILES string of the molecule is C[C@H]1[C@H](O)[C@@H](C)\C=C/C=C/C=C/C=C/C=C/C=C/C=C/[C@H](O[C@@H]2O[C@H](C)[C@@H](O)[C@H](N)[C@@H]2O)C[C@@H]2O[C@](O)(C[C@@H](O)C[C@@H](O)CC[C@H](O)[C@@H](O)C[C@@H](O)CC(=O)O[C@H]1C)C[C@H](O)[C@H]2C(=O)O. The molecule has 13 N–H and O–H groups in total. The van der Waals surface area contributed by atoms with Crippen molar-refractivity contribution in [2.24, 2.45) is 23.5 Å². The first-order chi connectivity index (χ1) is 30.6. The predicted molar refractivity (Wildman–Crippen MR) is 237 cm³/mol. The van der Waals surface area contributed by atoms with Gasteiger partial charge in [-0.3, -0.25) is 9.59 Å². The number of carboxylic acids is 1. The fraction of sp³-hybridized carbons (Fsp3) is 0.660. The molecule has 2 fully saturated rings. The molecule has 2 bridgehead atoms. The Morgan fingerprint density at radius 3 is 1.82 bits per heavy atom. The normalized spacial score (nSPS) is 45.5. The van der Waals surface area contributed by atoms with Gasteiger partial charge in [0.1, 0.15) is 18.1 Å². The van der Waals surface area contributed by atoms with Gasteiger partial charge in [0.2, 0.25) is 0 Å². The first-order valence-electron chi connectivity index (χ1n) is 22.3. The fourth-order valence-corrected chi connectivity index (χ4v) is 7.97. The number of carbonyl (C=O) groups excluding carboxylic acids is 1. The van der Waals surface area contributed by atoms with Crippen molar-refractivity contribution in [3.8, 4) is 0 Å². The van der Waals surface area contributed by atoms with Crippen LogP contribution in [0.2, 0.25) is 0 Å². The van der Waals surface area contributed by atoms with Gasteiger partial charge >= 0.3 is 11.9 Å². The number of esters is 1. The molecule has 0 saturated carbocycles. The van der Waals surface area contributed by atoms with Gasteiger partial charge in [-0.05, 0) is 33.1 Å². The Morgan fingerprint density at radius 1 is 0.662 bits per heavy atom. The van der Waals surface area contributed by atoms with Crippen molar-refractivity contribution in [3.63, 3.8) is 0 Å². The van der Waals surface area contributed by atoms with E-state index in [1.807, 2.05) is 13.0 Å². The Morgan fingerprint density at radius 2 is 1.23 bits per heavy atom. The molecule has 0 aliphatic carbocycles. The molecule has 0 aromatic carbocycles. The average Bonchev–Trinajstić information content (AvgIpc) is 3.21. The maximum atomic E-state index is 12.6. The van der Waals surface area contributed by atoms with Crippen LogP contribution in [0.5, 0.6) is 0 Å². The minimum absolute atomic E-state index is 0.140. The Hall–Kier alpha value is -3.44. The summed E-state index contributed by atoms with van der Waals surface area (Å²) in [6.45, 7) is 6.72. The summed E-state index contributed by atoms with van der Waals surface area (Å²) in [6.07, 6.45) is 3.55. The number of aliphatic hydroxyl groups excluding tert-OH is 9. The number of cyclic esters (lactones) is 1. The topological polar surface area (TPSA) is 320 Å². The van der Waals surface area contributed by atoms with Crippen LogP contribution in [-0.4, -0.2) is 166 Å². The van der Waals surface area contributed by atoms with Crippen molar-refractivity contribution >= 4 is 11.9 Å². The Labute approximate surface area is 381 Å². The molecule has 3 heterocycles. The maximum absolute atomic E-state index is 12.6. The number of hydrogen-bond acceptors (Lipinski definition) is 17. The summed E-state index contributed by atoms with van der Waals surface area (Å²) in [5, 5.41) is 118. The molecule has 18 nitrogen and oxygen atoms in total. The van der Waals surface area contributed by atoms with Gasteiger partial charge in [-0.25, -0.2) is 0 Å². The summed E-state index contributed by atoms with van der Waals surface area (Å²) in [7, 11) is 0. The van der Waals surface area contributed by atoms with Crippen LogP contribution in [0.3, 0.4) is 0 Å². The van der Waals surface area contributed by atoms with E-state index >= 15 is 0 Å². The van der Waals surface area contributed by atoms with Crippen LogP contribution in [-0.2, 0) is 28.5 Å². The molecule has 0 aromatic heterocycles.